The minimum absolute atomic E-state index is 0.0832. The lowest BCUT2D eigenvalue weighted by Gasteiger charge is -2.18. The van der Waals surface area contributed by atoms with Gasteiger partial charge in [-0.3, -0.25) is 14.4 Å². The Morgan fingerprint density at radius 1 is 0.253 bits per heavy atom. The summed E-state index contributed by atoms with van der Waals surface area (Å²) < 4.78 is 17.0. The van der Waals surface area contributed by atoms with E-state index in [1.54, 1.807) is 0 Å². The first-order chi connectivity index (χ1) is 41.0. The SMILES string of the molecule is CC/C=C\C/C=C\C/C=C\C/C=C\C/C=C\C/C=C\C/C=C\CCCCCCCCCCCC(=O)OCC(COC(=O)CCCCCCC/C=C\CCCCCCCC)OC(=O)CCCCCCCCCCC/C=C\CCCCCCCC. The Hall–Kier alpha value is -3.93. The van der Waals surface area contributed by atoms with Crippen LogP contribution < -0.4 is 0 Å². The fourth-order valence-electron chi connectivity index (χ4n) is 9.94. The van der Waals surface area contributed by atoms with E-state index in [1.807, 2.05) is 0 Å². The molecule has 1 atom stereocenters. The number of carbonyl (C=O) groups excluding carboxylic acids is 3. The van der Waals surface area contributed by atoms with Crippen molar-refractivity contribution in [1.29, 1.82) is 0 Å². The molecule has 0 aliphatic rings. The lowest BCUT2D eigenvalue weighted by Crippen LogP contribution is -2.30. The maximum Gasteiger partial charge on any atom is 0.306 e. The van der Waals surface area contributed by atoms with Crippen LogP contribution in [0.5, 0.6) is 0 Å². The Kier molecular flexibility index (Phi) is 67.2. The topological polar surface area (TPSA) is 78.9 Å². The second-order valence-electron chi connectivity index (χ2n) is 23.4. The lowest BCUT2D eigenvalue weighted by atomic mass is 10.1. The van der Waals surface area contributed by atoms with Crippen LogP contribution in [0.1, 0.15) is 342 Å². The van der Waals surface area contributed by atoms with Crippen molar-refractivity contribution in [2.24, 2.45) is 0 Å². The molecule has 0 saturated carbocycles. The van der Waals surface area contributed by atoms with Crippen molar-refractivity contribution >= 4 is 17.9 Å². The molecule has 0 fully saturated rings. The molecule has 6 heteroatoms. The number of ether oxygens (including phenoxy) is 3. The Morgan fingerprint density at radius 2 is 0.470 bits per heavy atom. The van der Waals surface area contributed by atoms with E-state index in [1.165, 1.54) is 186 Å². The van der Waals surface area contributed by atoms with Crippen molar-refractivity contribution in [2.75, 3.05) is 13.2 Å². The molecule has 0 saturated heterocycles. The van der Waals surface area contributed by atoms with Crippen molar-refractivity contribution in [3.63, 3.8) is 0 Å². The van der Waals surface area contributed by atoms with Crippen molar-refractivity contribution < 1.29 is 28.6 Å². The standard InChI is InChI=1S/C77H132O6/c1-4-7-10-13-16-19-22-25-28-30-32-33-34-35-36-37-38-39-40-41-42-43-45-46-49-52-55-58-61-64-67-70-76(79)82-73-74(72-81-75(78)69-66-63-60-57-54-51-48-27-24-21-18-15-12-9-6-3)83-77(80)71-68-65-62-59-56-53-50-47-44-31-29-26-23-20-17-14-11-8-5-2/h7,10,16,19,25-29,32-33,35-36,38-39,41-42,48,74H,4-6,8-9,11-15,17-18,20-24,30-31,34,37,40,43-47,49-73H2,1-3H3/b10-7-,19-16-,28-25-,29-26-,33-32-,36-35-,39-38-,42-41-,48-27-. The highest BCUT2D eigenvalue weighted by Crippen LogP contribution is 2.16. The summed E-state index contributed by atoms with van der Waals surface area (Å²) in [6.07, 6.45) is 96.8. The first-order valence-electron chi connectivity index (χ1n) is 35.4. The maximum atomic E-state index is 12.9. The van der Waals surface area contributed by atoms with Crippen molar-refractivity contribution in [1.82, 2.24) is 0 Å². The number of hydrogen-bond acceptors (Lipinski definition) is 6. The third-order valence-corrected chi connectivity index (χ3v) is 15.2. The summed E-state index contributed by atoms with van der Waals surface area (Å²) in [5, 5.41) is 0. The van der Waals surface area contributed by atoms with Gasteiger partial charge in [-0.1, -0.05) is 304 Å². The molecule has 0 heterocycles. The second kappa shape index (κ2) is 70.6. The summed E-state index contributed by atoms with van der Waals surface area (Å²) in [5.41, 5.74) is 0. The number of allylic oxidation sites excluding steroid dienone is 18. The van der Waals surface area contributed by atoms with Crippen LogP contribution >= 0.6 is 0 Å². The number of hydrogen-bond donors (Lipinski definition) is 0. The molecule has 476 valence electrons. The molecule has 0 aliphatic heterocycles. The van der Waals surface area contributed by atoms with Crippen LogP contribution in [-0.2, 0) is 28.6 Å². The van der Waals surface area contributed by atoms with E-state index in [0.717, 1.165) is 116 Å². The van der Waals surface area contributed by atoms with Gasteiger partial charge >= 0.3 is 17.9 Å². The molecular formula is C77H132O6. The highest BCUT2D eigenvalue weighted by molar-refractivity contribution is 5.71. The average Bonchev–Trinajstić information content (AvgIpc) is 3.49. The Morgan fingerprint density at radius 3 is 0.747 bits per heavy atom. The van der Waals surface area contributed by atoms with Gasteiger partial charge in [0.1, 0.15) is 13.2 Å². The van der Waals surface area contributed by atoms with E-state index in [0.29, 0.717) is 19.3 Å². The van der Waals surface area contributed by atoms with Gasteiger partial charge in [0.2, 0.25) is 0 Å². The van der Waals surface area contributed by atoms with Crippen LogP contribution in [-0.4, -0.2) is 37.2 Å². The number of unbranched alkanes of at least 4 members (excludes halogenated alkanes) is 35. The van der Waals surface area contributed by atoms with E-state index in [-0.39, 0.29) is 31.1 Å². The van der Waals surface area contributed by atoms with Gasteiger partial charge in [0.25, 0.3) is 0 Å². The summed E-state index contributed by atoms with van der Waals surface area (Å²) in [5.74, 6) is -0.885. The normalized spacial score (nSPS) is 12.8. The average molecular weight is 1150 g/mol. The maximum absolute atomic E-state index is 12.9. The molecule has 0 rings (SSSR count). The smallest absolute Gasteiger partial charge is 0.306 e. The summed E-state index contributed by atoms with van der Waals surface area (Å²) in [6, 6.07) is 0. The van der Waals surface area contributed by atoms with E-state index >= 15 is 0 Å². The molecule has 0 aromatic carbocycles. The predicted octanol–water partition coefficient (Wildman–Crippen LogP) is 24.6. The highest BCUT2D eigenvalue weighted by atomic mass is 16.6. The first kappa shape index (κ1) is 79.1. The van der Waals surface area contributed by atoms with Crippen molar-refractivity contribution in [2.45, 2.75) is 348 Å². The molecule has 0 aromatic heterocycles. The quantitative estimate of drug-likeness (QED) is 0.0261. The summed E-state index contributed by atoms with van der Waals surface area (Å²) >= 11 is 0. The summed E-state index contributed by atoms with van der Waals surface area (Å²) in [6.45, 7) is 6.54. The third-order valence-electron chi connectivity index (χ3n) is 15.2. The molecule has 0 amide bonds. The van der Waals surface area contributed by atoms with Gasteiger partial charge in [-0.25, -0.2) is 0 Å². The summed E-state index contributed by atoms with van der Waals surface area (Å²) in [7, 11) is 0. The predicted molar refractivity (Wildman–Crippen MR) is 362 cm³/mol. The van der Waals surface area contributed by atoms with E-state index in [4.69, 9.17) is 14.2 Å². The van der Waals surface area contributed by atoms with Gasteiger partial charge in [-0.2, -0.15) is 0 Å². The van der Waals surface area contributed by atoms with Crippen LogP contribution in [0.2, 0.25) is 0 Å². The molecule has 0 N–H and O–H groups in total. The summed E-state index contributed by atoms with van der Waals surface area (Å²) in [4.78, 5) is 38.4. The Labute approximate surface area is 514 Å². The number of rotatable bonds is 64. The molecule has 0 aromatic rings. The molecule has 0 spiro atoms. The lowest BCUT2D eigenvalue weighted by molar-refractivity contribution is -0.167. The highest BCUT2D eigenvalue weighted by Gasteiger charge is 2.19. The van der Waals surface area contributed by atoms with Crippen LogP contribution in [0.4, 0.5) is 0 Å². The third kappa shape index (κ3) is 68.7. The Bertz CT molecular complexity index is 1660. The monoisotopic (exact) mass is 1150 g/mol. The molecule has 0 aliphatic carbocycles. The van der Waals surface area contributed by atoms with Gasteiger partial charge in [-0.05, 0) is 128 Å². The molecular weight excluding hydrogens is 1020 g/mol. The van der Waals surface area contributed by atoms with Crippen LogP contribution in [0, 0.1) is 0 Å². The molecule has 1 unspecified atom stereocenters. The van der Waals surface area contributed by atoms with E-state index < -0.39 is 6.10 Å². The van der Waals surface area contributed by atoms with Crippen LogP contribution in [0.15, 0.2) is 109 Å². The minimum Gasteiger partial charge on any atom is -0.462 e. The molecule has 0 bridgehead atoms. The zero-order chi connectivity index (χ0) is 59.9. The van der Waals surface area contributed by atoms with E-state index in [9.17, 15) is 14.4 Å². The van der Waals surface area contributed by atoms with E-state index in [2.05, 4.69) is 130 Å². The minimum atomic E-state index is -0.787. The Balaban J connectivity index is 4.32. The molecule has 83 heavy (non-hydrogen) atoms. The van der Waals surface area contributed by atoms with Gasteiger partial charge < -0.3 is 14.2 Å². The first-order valence-corrected chi connectivity index (χ1v) is 35.4. The van der Waals surface area contributed by atoms with Crippen LogP contribution in [0.3, 0.4) is 0 Å². The van der Waals surface area contributed by atoms with Gasteiger partial charge in [-0.15, -0.1) is 0 Å². The van der Waals surface area contributed by atoms with Crippen molar-refractivity contribution in [3.05, 3.63) is 109 Å². The molecule has 0 radical (unpaired) electrons. The zero-order valence-electron chi connectivity index (χ0n) is 54.7. The second-order valence-corrected chi connectivity index (χ2v) is 23.4. The van der Waals surface area contributed by atoms with Gasteiger partial charge in [0, 0.05) is 19.3 Å². The van der Waals surface area contributed by atoms with Crippen molar-refractivity contribution in [3.8, 4) is 0 Å². The van der Waals surface area contributed by atoms with Gasteiger partial charge in [0.05, 0.1) is 0 Å². The van der Waals surface area contributed by atoms with Gasteiger partial charge in [0.15, 0.2) is 6.10 Å². The zero-order valence-corrected chi connectivity index (χ0v) is 54.7. The fraction of sp³-hybridized carbons (Fsp3) is 0.727. The fourth-order valence-corrected chi connectivity index (χ4v) is 9.94. The van der Waals surface area contributed by atoms with Crippen LogP contribution in [0.25, 0.3) is 0 Å². The number of esters is 3. The largest absolute Gasteiger partial charge is 0.462 e. The number of carbonyl (C=O) groups is 3. The molecule has 6 nitrogen and oxygen atoms in total.